The number of rotatable bonds is 4. The van der Waals surface area contributed by atoms with E-state index in [1.807, 2.05) is 25.1 Å². The van der Waals surface area contributed by atoms with Crippen molar-refractivity contribution in [1.29, 1.82) is 0 Å². The van der Waals surface area contributed by atoms with Crippen molar-refractivity contribution in [2.75, 3.05) is 23.3 Å². The van der Waals surface area contributed by atoms with Crippen LogP contribution < -0.4 is 15.6 Å². The topological polar surface area (TPSA) is 108 Å². The average molecular weight is 452 g/mol. The van der Waals surface area contributed by atoms with Crippen LogP contribution in [0.5, 0.6) is 0 Å². The molecule has 2 heterocycles. The van der Waals surface area contributed by atoms with Crippen molar-refractivity contribution in [3.63, 3.8) is 0 Å². The number of nitro benzene ring substituents is 1. The Morgan fingerprint density at radius 2 is 1.82 bits per heavy atom. The van der Waals surface area contributed by atoms with Crippen LogP contribution in [0, 0.1) is 17.0 Å². The molecule has 0 aromatic heterocycles. The molecular weight excluding hydrogens is 422 g/mol. The minimum absolute atomic E-state index is 0.0613. The number of hydrazine groups is 1. The number of nitrogens with zero attached hydrogens (tertiary/aromatic N) is 3. The van der Waals surface area contributed by atoms with Crippen molar-refractivity contribution in [3.05, 3.63) is 63.7 Å². The Balaban J connectivity index is 1.42. The first-order valence-corrected chi connectivity index (χ1v) is 11.2. The van der Waals surface area contributed by atoms with Crippen LogP contribution in [0.2, 0.25) is 0 Å². The van der Waals surface area contributed by atoms with Gasteiger partial charge in [-0.1, -0.05) is 32.0 Å². The van der Waals surface area contributed by atoms with E-state index in [1.165, 1.54) is 12.1 Å². The van der Waals surface area contributed by atoms with E-state index in [4.69, 9.17) is 0 Å². The molecule has 2 aromatic rings. The van der Waals surface area contributed by atoms with Gasteiger partial charge in [-0.05, 0) is 48.9 Å². The second kappa shape index (κ2) is 8.82. The summed E-state index contributed by atoms with van der Waals surface area (Å²) in [7, 11) is 0. The molecule has 0 atom stereocenters. The third-order valence-corrected chi connectivity index (χ3v) is 6.60. The van der Waals surface area contributed by atoms with Gasteiger partial charge in [0.15, 0.2) is 0 Å². The van der Waals surface area contributed by atoms with Crippen LogP contribution in [-0.2, 0) is 4.79 Å². The molecule has 2 aliphatic heterocycles. The molecule has 4 rings (SSSR count). The predicted octanol–water partition coefficient (Wildman–Crippen LogP) is 4.33. The molecule has 3 amide bonds. The fraction of sp³-hybridized carbons (Fsp3) is 0.417. The van der Waals surface area contributed by atoms with E-state index in [-0.39, 0.29) is 23.9 Å². The molecule has 9 nitrogen and oxygen atoms in total. The molecule has 33 heavy (non-hydrogen) atoms. The molecule has 0 unspecified atom stereocenters. The van der Waals surface area contributed by atoms with Crippen molar-refractivity contribution < 1.29 is 14.5 Å². The first kappa shape index (κ1) is 22.7. The number of piperidine rings is 1. The summed E-state index contributed by atoms with van der Waals surface area (Å²) in [5.41, 5.74) is 6.44. The third kappa shape index (κ3) is 4.54. The number of imide groups is 1. The normalized spacial score (nSPS) is 17.6. The molecule has 0 radical (unpaired) electrons. The quantitative estimate of drug-likeness (QED) is 0.529. The average Bonchev–Trinajstić information content (AvgIpc) is 3.11. The van der Waals surface area contributed by atoms with E-state index in [9.17, 15) is 19.7 Å². The Morgan fingerprint density at radius 3 is 2.42 bits per heavy atom. The Kier molecular flexibility index (Phi) is 6.07. The van der Waals surface area contributed by atoms with Gasteiger partial charge < -0.3 is 10.2 Å². The summed E-state index contributed by atoms with van der Waals surface area (Å²) in [6.45, 7) is 7.44. The van der Waals surface area contributed by atoms with Crippen LogP contribution >= 0.6 is 0 Å². The number of hydrogen-bond donors (Lipinski definition) is 2. The first-order valence-electron chi connectivity index (χ1n) is 11.2. The highest BCUT2D eigenvalue weighted by Gasteiger charge is 2.47. The second-order valence-electron chi connectivity index (χ2n) is 9.18. The molecule has 2 fully saturated rings. The third-order valence-electron chi connectivity index (χ3n) is 6.60. The van der Waals surface area contributed by atoms with Crippen molar-refractivity contribution in [2.45, 2.75) is 51.5 Å². The van der Waals surface area contributed by atoms with Crippen LogP contribution in [0.25, 0.3) is 0 Å². The number of carbonyl (C=O) groups is 2. The van der Waals surface area contributed by atoms with Crippen LogP contribution in [0.15, 0.2) is 42.5 Å². The molecule has 1 spiro atoms. The highest BCUT2D eigenvalue weighted by Crippen LogP contribution is 2.34. The molecule has 2 saturated heterocycles. The van der Waals surface area contributed by atoms with Crippen LogP contribution in [-0.4, -0.2) is 40.5 Å². The number of aryl methyl sites for hydroxylation is 1. The Bertz CT molecular complexity index is 1070. The molecule has 2 aromatic carbocycles. The summed E-state index contributed by atoms with van der Waals surface area (Å²) in [4.78, 5) is 38.4. The molecule has 2 aliphatic rings. The zero-order chi connectivity index (χ0) is 23.8. The number of urea groups is 1. The van der Waals surface area contributed by atoms with Crippen molar-refractivity contribution >= 4 is 29.0 Å². The summed E-state index contributed by atoms with van der Waals surface area (Å²) >= 11 is 0. The van der Waals surface area contributed by atoms with Gasteiger partial charge in [-0.25, -0.2) is 10.2 Å². The number of anilines is 2. The lowest BCUT2D eigenvalue weighted by Gasteiger charge is -2.40. The molecule has 174 valence electrons. The SMILES string of the molecule is Cc1cccc(C(C)C)c1NC(=O)N1NC2(CCN(c3ccc([N+](=O)[O-])cc3)CC2)CC1=O. The van der Waals surface area contributed by atoms with E-state index < -0.39 is 16.5 Å². The minimum Gasteiger partial charge on any atom is -0.371 e. The molecule has 0 bridgehead atoms. The maximum atomic E-state index is 13.0. The lowest BCUT2D eigenvalue weighted by molar-refractivity contribution is -0.384. The highest BCUT2D eigenvalue weighted by molar-refractivity contribution is 6.03. The summed E-state index contributed by atoms with van der Waals surface area (Å²) in [5.74, 6) is -0.00602. The van der Waals surface area contributed by atoms with E-state index in [0.29, 0.717) is 25.9 Å². The van der Waals surface area contributed by atoms with Crippen molar-refractivity contribution in [3.8, 4) is 0 Å². The van der Waals surface area contributed by atoms with E-state index >= 15 is 0 Å². The lowest BCUT2D eigenvalue weighted by Crippen LogP contribution is -2.55. The van der Waals surface area contributed by atoms with Gasteiger partial charge >= 0.3 is 6.03 Å². The van der Waals surface area contributed by atoms with Gasteiger partial charge in [0.05, 0.1) is 10.5 Å². The highest BCUT2D eigenvalue weighted by atomic mass is 16.6. The van der Waals surface area contributed by atoms with Gasteiger partial charge in [0.1, 0.15) is 0 Å². The number of non-ortho nitro benzene ring substituents is 1. The zero-order valence-corrected chi connectivity index (χ0v) is 19.1. The number of nitro groups is 1. The Labute approximate surface area is 192 Å². The Hall–Kier alpha value is -3.46. The standard InChI is InChI=1S/C24H29N5O4/c1-16(2)20-6-4-5-17(3)22(20)25-23(31)28-21(30)15-24(26-28)11-13-27(14-12-24)18-7-9-19(10-8-18)29(32)33/h4-10,16,26H,11-15H2,1-3H3,(H,25,31). The predicted molar refractivity (Wildman–Crippen MR) is 126 cm³/mol. The number of benzene rings is 2. The van der Waals surface area contributed by atoms with Crippen molar-refractivity contribution in [2.24, 2.45) is 0 Å². The van der Waals surface area contributed by atoms with E-state index in [0.717, 1.165) is 27.5 Å². The van der Waals surface area contributed by atoms with Crippen LogP contribution in [0.4, 0.5) is 21.9 Å². The molecule has 2 N–H and O–H groups in total. The number of amides is 3. The van der Waals surface area contributed by atoms with Gasteiger partial charge in [-0.3, -0.25) is 14.9 Å². The van der Waals surface area contributed by atoms with Crippen molar-refractivity contribution in [1.82, 2.24) is 10.4 Å². The first-order chi connectivity index (χ1) is 15.7. The fourth-order valence-corrected chi connectivity index (χ4v) is 4.64. The lowest BCUT2D eigenvalue weighted by atomic mass is 9.86. The smallest absolute Gasteiger partial charge is 0.343 e. The summed E-state index contributed by atoms with van der Waals surface area (Å²) in [6, 6.07) is 11.9. The second-order valence-corrected chi connectivity index (χ2v) is 9.18. The molecule has 9 heteroatoms. The number of nitrogens with one attached hydrogen (secondary N) is 2. The molecular formula is C24H29N5O4. The van der Waals surface area contributed by atoms with E-state index in [1.54, 1.807) is 12.1 Å². The summed E-state index contributed by atoms with van der Waals surface area (Å²) in [5, 5.41) is 14.9. The van der Waals surface area contributed by atoms with E-state index in [2.05, 4.69) is 29.5 Å². The van der Waals surface area contributed by atoms with Gasteiger partial charge in [0, 0.05) is 43.0 Å². The molecule has 0 saturated carbocycles. The monoisotopic (exact) mass is 451 g/mol. The summed E-state index contributed by atoms with van der Waals surface area (Å²) in [6.07, 6.45) is 1.63. The largest absolute Gasteiger partial charge is 0.371 e. The number of carbonyl (C=O) groups excluding carboxylic acids is 2. The number of para-hydroxylation sites is 1. The maximum Gasteiger partial charge on any atom is 0.343 e. The zero-order valence-electron chi connectivity index (χ0n) is 19.1. The Morgan fingerprint density at radius 1 is 1.15 bits per heavy atom. The van der Waals surface area contributed by atoms with Gasteiger partial charge in [-0.2, -0.15) is 5.01 Å². The van der Waals surface area contributed by atoms with Gasteiger partial charge in [0.25, 0.3) is 5.69 Å². The van der Waals surface area contributed by atoms with Gasteiger partial charge in [0.2, 0.25) is 5.91 Å². The number of hydrogen-bond acceptors (Lipinski definition) is 6. The fourth-order valence-electron chi connectivity index (χ4n) is 4.64. The minimum atomic E-state index is -0.467. The van der Waals surface area contributed by atoms with Crippen LogP contribution in [0.3, 0.4) is 0 Å². The molecule has 0 aliphatic carbocycles. The summed E-state index contributed by atoms with van der Waals surface area (Å²) < 4.78 is 0. The van der Waals surface area contributed by atoms with Gasteiger partial charge in [-0.15, -0.1) is 0 Å². The maximum absolute atomic E-state index is 13.0. The van der Waals surface area contributed by atoms with Crippen LogP contribution in [0.1, 0.15) is 50.2 Å².